The summed E-state index contributed by atoms with van der Waals surface area (Å²) in [7, 11) is 3.10. The Morgan fingerprint density at radius 3 is 2.45 bits per heavy atom. The van der Waals surface area contributed by atoms with Crippen LogP contribution in [-0.2, 0) is 0 Å². The van der Waals surface area contributed by atoms with E-state index < -0.39 is 5.60 Å². The molecule has 1 fully saturated rings. The Morgan fingerprint density at radius 2 is 1.79 bits per heavy atom. The van der Waals surface area contributed by atoms with E-state index >= 15 is 0 Å². The number of hydrogen-bond acceptors (Lipinski definition) is 5. The minimum absolute atomic E-state index is 0.109. The molecule has 0 bridgehead atoms. The van der Waals surface area contributed by atoms with E-state index in [9.17, 15) is 9.90 Å². The summed E-state index contributed by atoms with van der Waals surface area (Å²) < 4.78 is 16.3. The van der Waals surface area contributed by atoms with Crippen molar-refractivity contribution >= 4 is 17.5 Å². The molecule has 29 heavy (non-hydrogen) atoms. The highest BCUT2D eigenvalue weighted by Crippen LogP contribution is 2.28. The van der Waals surface area contributed by atoms with Crippen molar-refractivity contribution in [3.05, 3.63) is 53.1 Å². The van der Waals surface area contributed by atoms with Crippen molar-refractivity contribution in [3.63, 3.8) is 0 Å². The minimum Gasteiger partial charge on any atom is -0.497 e. The van der Waals surface area contributed by atoms with Gasteiger partial charge in [-0.05, 0) is 49.6 Å². The van der Waals surface area contributed by atoms with Crippen molar-refractivity contribution < 1.29 is 24.1 Å². The van der Waals surface area contributed by atoms with Crippen molar-refractivity contribution in [2.45, 2.75) is 24.9 Å². The van der Waals surface area contributed by atoms with Gasteiger partial charge in [-0.2, -0.15) is 0 Å². The number of nitrogens with zero attached hydrogens (tertiary/aromatic N) is 1. The number of benzene rings is 2. The number of amides is 1. The smallest absolute Gasteiger partial charge is 0.254 e. The molecule has 0 radical (unpaired) electrons. The summed E-state index contributed by atoms with van der Waals surface area (Å²) in [5.74, 6) is 1.64. The number of carbonyl (C=O) groups excluding carboxylic acids is 1. The van der Waals surface area contributed by atoms with Crippen molar-refractivity contribution in [1.29, 1.82) is 0 Å². The second-order valence-electron chi connectivity index (χ2n) is 7.22. The lowest BCUT2D eigenvalue weighted by atomic mass is 9.96. The first kappa shape index (κ1) is 21.3. The quantitative estimate of drug-likeness (QED) is 0.771. The van der Waals surface area contributed by atoms with Crippen molar-refractivity contribution in [1.82, 2.24) is 4.90 Å². The maximum absolute atomic E-state index is 13.0. The summed E-state index contributed by atoms with van der Waals surface area (Å²) in [5, 5.41) is 11.6. The molecule has 1 aliphatic rings. The first-order valence-corrected chi connectivity index (χ1v) is 9.93. The summed E-state index contributed by atoms with van der Waals surface area (Å²) in [5.41, 5.74) is -0.495. The van der Waals surface area contributed by atoms with Crippen LogP contribution in [0.3, 0.4) is 0 Å². The molecule has 1 saturated heterocycles. The molecule has 6 nitrogen and oxygen atoms in total. The standard InChI is InChI=1S/C22H26ClNO5/c1-27-19-11-16(12-20(14-19)28-2)21(25)24-9-4-7-22(26,8-10-24)15-29-18-6-3-5-17(23)13-18/h3,5-6,11-14,26H,4,7-10,15H2,1-2H3. The Morgan fingerprint density at radius 1 is 1.07 bits per heavy atom. The van der Waals surface area contributed by atoms with Gasteiger partial charge in [0.15, 0.2) is 0 Å². The Labute approximate surface area is 175 Å². The van der Waals surface area contributed by atoms with Crippen molar-refractivity contribution in [2.24, 2.45) is 0 Å². The summed E-state index contributed by atoms with van der Waals surface area (Å²) in [6, 6.07) is 12.2. The lowest BCUT2D eigenvalue weighted by molar-refractivity contribution is -0.0163. The van der Waals surface area contributed by atoms with Crippen LogP contribution in [0.5, 0.6) is 17.2 Å². The van der Waals surface area contributed by atoms with Gasteiger partial charge in [0.05, 0.1) is 14.2 Å². The van der Waals surface area contributed by atoms with Gasteiger partial charge < -0.3 is 24.2 Å². The second-order valence-corrected chi connectivity index (χ2v) is 7.65. The zero-order valence-electron chi connectivity index (χ0n) is 16.7. The van der Waals surface area contributed by atoms with E-state index in [4.69, 9.17) is 25.8 Å². The van der Waals surface area contributed by atoms with E-state index in [0.29, 0.717) is 60.2 Å². The fraction of sp³-hybridized carbons (Fsp3) is 0.409. The van der Waals surface area contributed by atoms with E-state index in [-0.39, 0.29) is 12.5 Å². The van der Waals surface area contributed by atoms with Crippen LogP contribution in [0.1, 0.15) is 29.6 Å². The van der Waals surface area contributed by atoms with Crippen molar-refractivity contribution in [2.75, 3.05) is 33.9 Å². The average molecular weight is 420 g/mol. The molecule has 0 spiro atoms. The van der Waals surface area contributed by atoms with Crippen LogP contribution in [0.25, 0.3) is 0 Å². The predicted molar refractivity (Wildman–Crippen MR) is 111 cm³/mol. The monoisotopic (exact) mass is 419 g/mol. The molecule has 156 valence electrons. The molecular weight excluding hydrogens is 394 g/mol. The van der Waals surface area contributed by atoms with Crippen molar-refractivity contribution in [3.8, 4) is 17.2 Å². The highest BCUT2D eigenvalue weighted by Gasteiger charge is 2.33. The average Bonchev–Trinajstić information content (AvgIpc) is 2.93. The number of ether oxygens (including phenoxy) is 3. The molecule has 7 heteroatoms. The van der Waals surface area contributed by atoms with Crippen LogP contribution in [0.15, 0.2) is 42.5 Å². The van der Waals surface area contributed by atoms with Gasteiger partial charge in [0, 0.05) is 29.7 Å². The number of carbonyl (C=O) groups is 1. The third-order valence-electron chi connectivity index (χ3n) is 5.11. The molecular formula is C22H26ClNO5. The molecule has 1 amide bonds. The fourth-order valence-corrected chi connectivity index (χ4v) is 3.59. The van der Waals surface area contributed by atoms with E-state index in [1.807, 2.05) is 0 Å². The largest absolute Gasteiger partial charge is 0.497 e. The molecule has 2 aromatic rings. The van der Waals surface area contributed by atoms with Gasteiger partial charge in [0.25, 0.3) is 5.91 Å². The molecule has 0 aromatic heterocycles. The Kier molecular flexibility index (Phi) is 6.87. The molecule has 1 unspecified atom stereocenters. The first-order valence-electron chi connectivity index (χ1n) is 9.55. The van der Waals surface area contributed by atoms with Gasteiger partial charge in [-0.15, -0.1) is 0 Å². The van der Waals surface area contributed by atoms with Crippen LogP contribution in [-0.4, -0.2) is 55.4 Å². The van der Waals surface area contributed by atoms with Crippen LogP contribution in [0.2, 0.25) is 5.02 Å². The van der Waals surface area contributed by atoms with Gasteiger partial charge in [-0.3, -0.25) is 4.79 Å². The fourth-order valence-electron chi connectivity index (χ4n) is 3.41. The topological polar surface area (TPSA) is 68.2 Å². The first-order chi connectivity index (χ1) is 13.9. The summed E-state index contributed by atoms with van der Waals surface area (Å²) >= 11 is 5.98. The molecule has 0 saturated carbocycles. The predicted octanol–water partition coefficient (Wildman–Crippen LogP) is 3.79. The molecule has 1 heterocycles. The number of likely N-dealkylation sites (tertiary alicyclic amines) is 1. The maximum atomic E-state index is 13.0. The van der Waals surface area contributed by atoms with Gasteiger partial charge in [-0.25, -0.2) is 0 Å². The zero-order valence-corrected chi connectivity index (χ0v) is 17.4. The summed E-state index contributed by atoms with van der Waals surface area (Å²) in [4.78, 5) is 14.8. The lowest BCUT2D eigenvalue weighted by Gasteiger charge is -2.27. The second kappa shape index (κ2) is 9.37. The van der Waals surface area contributed by atoms with Crippen LogP contribution in [0.4, 0.5) is 0 Å². The lowest BCUT2D eigenvalue weighted by Crippen LogP contribution is -2.38. The van der Waals surface area contributed by atoms with Gasteiger partial charge in [-0.1, -0.05) is 17.7 Å². The third kappa shape index (κ3) is 5.55. The van der Waals surface area contributed by atoms with Crippen LogP contribution >= 0.6 is 11.6 Å². The Hall–Kier alpha value is -2.44. The highest BCUT2D eigenvalue weighted by molar-refractivity contribution is 6.30. The highest BCUT2D eigenvalue weighted by atomic mass is 35.5. The zero-order chi connectivity index (χ0) is 20.9. The molecule has 2 aromatic carbocycles. The molecule has 1 atom stereocenters. The van der Waals surface area contributed by atoms with Gasteiger partial charge in [0.1, 0.15) is 29.5 Å². The molecule has 1 N–H and O–H groups in total. The Bertz CT molecular complexity index is 837. The summed E-state index contributed by atoms with van der Waals surface area (Å²) in [6.07, 6.45) is 1.67. The van der Waals surface area contributed by atoms with E-state index in [1.54, 1.807) is 61.6 Å². The number of aliphatic hydroxyl groups is 1. The van der Waals surface area contributed by atoms with Crippen LogP contribution in [0, 0.1) is 0 Å². The molecule has 3 rings (SSSR count). The minimum atomic E-state index is -0.997. The number of hydrogen-bond donors (Lipinski definition) is 1. The third-order valence-corrected chi connectivity index (χ3v) is 5.34. The SMILES string of the molecule is COc1cc(OC)cc(C(=O)N2CCCC(O)(COc3cccc(Cl)c3)CC2)c1. The number of methoxy groups -OCH3 is 2. The number of rotatable bonds is 6. The van der Waals surface area contributed by atoms with E-state index in [0.717, 1.165) is 0 Å². The van der Waals surface area contributed by atoms with E-state index in [2.05, 4.69) is 0 Å². The van der Waals surface area contributed by atoms with Gasteiger partial charge in [0.2, 0.25) is 0 Å². The molecule has 0 aliphatic carbocycles. The Balaban J connectivity index is 1.65. The number of halogens is 1. The van der Waals surface area contributed by atoms with Gasteiger partial charge >= 0.3 is 0 Å². The normalized spacial score (nSPS) is 19.4. The summed E-state index contributed by atoms with van der Waals surface area (Å²) in [6.45, 7) is 1.16. The molecule has 1 aliphatic heterocycles. The van der Waals surface area contributed by atoms with E-state index in [1.165, 1.54) is 0 Å². The van der Waals surface area contributed by atoms with Crippen LogP contribution < -0.4 is 14.2 Å². The maximum Gasteiger partial charge on any atom is 0.254 e.